The first kappa shape index (κ1) is 20.9. The molecule has 10 heteroatoms. The molecule has 1 saturated carbocycles. The molecule has 5 rings (SSSR count). The minimum absolute atomic E-state index is 0.0424. The quantitative estimate of drug-likeness (QED) is 0.417. The maximum atomic E-state index is 13.9. The number of aromatic nitrogens is 1. The molecule has 1 amide bonds. The van der Waals surface area contributed by atoms with Crippen LogP contribution in [0.5, 0.6) is 5.75 Å². The van der Waals surface area contributed by atoms with Crippen LogP contribution < -0.4 is 5.73 Å². The van der Waals surface area contributed by atoms with Crippen LogP contribution >= 0.6 is 0 Å². The SMILES string of the molecule is CC[C@H]1c2cncc(O)c2C(O)=C2C(=O)[C@]34OC3(O)C(C(N)=O)=C(O)[C@@H](N(C)C)[C@@H]4C[C@@H]21. The third kappa shape index (κ3) is 2.17. The molecule has 1 aromatic rings. The van der Waals surface area contributed by atoms with E-state index in [1.165, 1.54) is 6.20 Å². The summed E-state index contributed by atoms with van der Waals surface area (Å²) in [6.45, 7) is 1.93. The second-order valence-corrected chi connectivity index (χ2v) is 9.19. The number of Topliss-reactive ketones (excluding diaryl/α,β-unsaturated/α-hetero) is 1. The number of amides is 1. The molecule has 1 aliphatic heterocycles. The van der Waals surface area contributed by atoms with Crippen LogP contribution in [0.15, 0.2) is 29.3 Å². The smallest absolute Gasteiger partial charge is 0.253 e. The summed E-state index contributed by atoms with van der Waals surface area (Å²) in [6.07, 6.45) is 3.64. The third-order valence-electron chi connectivity index (χ3n) is 7.58. The molecule has 0 radical (unpaired) electrons. The second-order valence-electron chi connectivity index (χ2n) is 9.19. The molecule has 1 spiro atoms. The fourth-order valence-corrected chi connectivity index (χ4v) is 6.34. The van der Waals surface area contributed by atoms with Gasteiger partial charge in [0.15, 0.2) is 5.60 Å². The summed E-state index contributed by atoms with van der Waals surface area (Å²) in [5, 5.41) is 43.6. The van der Waals surface area contributed by atoms with Gasteiger partial charge in [0.25, 0.3) is 5.91 Å². The standard InChI is InChI=1S/C22H25N3O7/c1-4-8-9-5-11-16(25(2)3)18(28)15(20(23)30)22(31)21(11,32-22)19(29)14(9)17(27)13-10(8)6-24-7-12(13)26/h6-9,11,16,26-28,31H,4-5H2,1-3H3,(H2,23,30)/t8-,9-,11+,16+,21+,22?/m1/s1. The van der Waals surface area contributed by atoms with E-state index in [2.05, 4.69) is 4.98 Å². The molecule has 6 atom stereocenters. The molecule has 4 aliphatic rings. The first-order valence-corrected chi connectivity index (χ1v) is 10.5. The molecule has 1 saturated heterocycles. The van der Waals surface area contributed by atoms with Gasteiger partial charge in [-0.2, -0.15) is 0 Å². The highest BCUT2D eigenvalue weighted by atomic mass is 16.8. The first-order chi connectivity index (χ1) is 15.0. The van der Waals surface area contributed by atoms with Gasteiger partial charge in [-0.25, -0.2) is 0 Å². The Morgan fingerprint density at radius 3 is 2.59 bits per heavy atom. The number of carbonyl (C=O) groups is 2. The van der Waals surface area contributed by atoms with Crippen LogP contribution in [0, 0.1) is 11.8 Å². The van der Waals surface area contributed by atoms with E-state index in [1.54, 1.807) is 25.2 Å². The Bertz CT molecular complexity index is 1140. The number of ether oxygens (including phenoxy) is 1. The van der Waals surface area contributed by atoms with E-state index in [-0.39, 0.29) is 35.0 Å². The van der Waals surface area contributed by atoms with Crippen LogP contribution in [0.4, 0.5) is 0 Å². The number of nitrogens with zero attached hydrogens (tertiary/aromatic N) is 2. The van der Waals surface area contributed by atoms with Gasteiger partial charge in [-0.1, -0.05) is 6.92 Å². The van der Waals surface area contributed by atoms with Crippen LogP contribution in [0.3, 0.4) is 0 Å². The van der Waals surface area contributed by atoms with Gasteiger partial charge in [0.1, 0.15) is 22.8 Å². The highest BCUT2D eigenvalue weighted by Crippen LogP contribution is 2.68. The molecule has 6 N–H and O–H groups in total. The minimum atomic E-state index is -2.38. The number of rotatable bonds is 3. The Labute approximate surface area is 183 Å². The summed E-state index contributed by atoms with van der Waals surface area (Å²) in [7, 11) is 3.37. The number of hydrogen-bond donors (Lipinski definition) is 5. The van der Waals surface area contributed by atoms with Gasteiger partial charge in [0.2, 0.25) is 11.6 Å². The van der Waals surface area contributed by atoms with Crippen molar-refractivity contribution < 1.29 is 34.8 Å². The predicted molar refractivity (Wildman–Crippen MR) is 110 cm³/mol. The number of carbonyl (C=O) groups excluding carboxylic acids is 2. The number of aromatic hydroxyl groups is 1. The van der Waals surface area contributed by atoms with Crippen molar-refractivity contribution in [3.05, 3.63) is 40.4 Å². The van der Waals surface area contributed by atoms with Crippen LogP contribution in [0.2, 0.25) is 0 Å². The van der Waals surface area contributed by atoms with Crippen molar-refractivity contribution in [2.45, 2.75) is 43.1 Å². The fourth-order valence-electron chi connectivity index (χ4n) is 6.34. The van der Waals surface area contributed by atoms with Gasteiger partial charge in [-0.3, -0.25) is 19.5 Å². The summed E-state index contributed by atoms with van der Waals surface area (Å²) in [4.78, 5) is 31.8. The number of ketones is 1. The average Bonchev–Trinajstić information content (AvgIpc) is 3.33. The number of aliphatic hydroxyl groups excluding tert-OH is 2. The highest BCUT2D eigenvalue weighted by molar-refractivity contribution is 6.14. The normalized spacial score (nSPS) is 37.6. The fraction of sp³-hybridized carbons (Fsp3) is 0.500. The molecule has 1 unspecified atom stereocenters. The van der Waals surface area contributed by atoms with Crippen LogP contribution in [-0.4, -0.2) is 73.5 Å². The number of pyridine rings is 1. The number of nitrogens with two attached hydrogens (primary N) is 1. The predicted octanol–water partition coefficient (Wildman–Crippen LogP) is 0.468. The topological polar surface area (TPSA) is 170 Å². The summed E-state index contributed by atoms with van der Waals surface area (Å²) in [5.74, 6) is -6.61. The van der Waals surface area contributed by atoms with Gasteiger partial charge in [0, 0.05) is 17.7 Å². The largest absolute Gasteiger partial charge is 0.510 e. The number of likely N-dealkylation sites (N-methyl/N-ethyl adjacent to an activating group) is 1. The van der Waals surface area contributed by atoms with Crippen molar-refractivity contribution in [3.8, 4) is 5.75 Å². The Hall–Kier alpha value is -2.95. The Kier molecular flexibility index (Phi) is 4.12. The maximum Gasteiger partial charge on any atom is 0.253 e. The van der Waals surface area contributed by atoms with Crippen molar-refractivity contribution in [1.82, 2.24) is 9.88 Å². The zero-order valence-electron chi connectivity index (χ0n) is 17.9. The van der Waals surface area contributed by atoms with Crippen LogP contribution in [0.25, 0.3) is 5.76 Å². The molecule has 0 aromatic carbocycles. The van der Waals surface area contributed by atoms with Gasteiger partial charge < -0.3 is 30.9 Å². The zero-order chi connectivity index (χ0) is 23.3. The molecule has 32 heavy (non-hydrogen) atoms. The number of epoxide rings is 1. The lowest BCUT2D eigenvalue weighted by atomic mass is 9.56. The summed E-state index contributed by atoms with van der Waals surface area (Å²) < 4.78 is 5.62. The number of aliphatic hydroxyl groups is 3. The molecular weight excluding hydrogens is 418 g/mol. The van der Waals surface area contributed by atoms with E-state index in [0.717, 1.165) is 0 Å². The molecule has 10 nitrogen and oxygen atoms in total. The van der Waals surface area contributed by atoms with E-state index in [1.807, 2.05) is 6.92 Å². The van der Waals surface area contributed by atoms with Crippen molar-refractivity contribution in [1.29, 1.82) is 0 Å². The van der Waals surface area contributed by atoms with Crippen molar-refractivity contribution in [2.24, 2.45) is 17.6 Å². The van der Waals surface area contributed by atoms with Crippen molar-refractivity contribution >= 4 is 17.4 Å². The lowest BCUT2D eigenvalue weighted by Crippen LogP contribution is -2.60. The molecule has 1 aromatic heterocycles. The molecule has 2 heterocycles. The minimum Gasteiger partial charge on any atom is -0.510 e. The molecule has 2 fully saturated rings. The highest BCUT2D eigenvalue weighted by Gasteiger charge is 2.86. The third-order valence-corrected chi connectivity index (χ3v) is 7.58. The van der Waals surface area contributed by atoms with E-state index >= 15 is 0 Å². The zero-order valence-corrected chi connectivity index (χ0v) is 17.9. The van der Waals surface area contributed by atoms with Gasteiger partial charge in [-0.05, 0) is 44.3 Å². The van der Waals surface area contributed by atoms with E-state index in [4.69, 9.17) is 10.5 Å². The van der Waals surface area contributed by atoms with E-state index in [0.29, 0.717) is 12.0 Å². The van der Waals surface area contributed by atoms with Crippen LogP contribution in [-0.2, 0) is 14.3 Å². The maximum absolute atomic E-state index is 13.9. The van der Waals surface area contributed by atoms with Crippen molar-refractivity contribution in [3.63, 3.8) is 0 Å². The second kappa shape index (κ2) is 6.31. The summed E-state index contributed by atoms with van der Waals surface area (Å²) in [6, 6.07) is -0.811. The average molecular weight is 443 g/mol. The summed E-state index contributed by atoms with van der Waals surface area (Å²) >= 11 is 0. The molecule has 0 bridgehead atoms. The van der Waals surface area contributed by atoms with Gasteiger partial charge >= 0.3 is 0 Å². The monoisotopic (exact) mass is 443 g/mol. The first-order valence-electron chi connectivity index (χ1n) is 10.5. The Balaban J connectivity index is 1.76. The van der Waals surface area contributed by atoms with Gasteiger partial charge in [-0.15, -0.1) is 0 Å². The Morgan fingerprint density at radius 1 is 1.31 bits per heavy atom. The summed E-state index contributed by atoms with van der Waals surface area (Å²) in [5.41, 5.74) is 3.84. The molecule has 170 valence electrons. The number of primary amides is 1. The van der Waals surface area contributed by atoms with Crippen LogP contribution in [0.1, 0.15) is 36.8 Å². The number of hydrogen-bond acceptors (Lipinski definition) is 9. The van der Waals surface area contributed by atoms with E-state index < -0.39 is 52.3 Å². The molecule has 3 aliphatic carbocycles. The lowest BCUT2D eigenvalue weighted by Gasteiger charge is -2.47. The molecular formula is C22H25N3O7. The van der Waals surface area contributed by atoms with Crippen molar-refractivity contribution in [2.75, 3.05) is 14.1 Å². The Morgan fingerprint density at radius 2 is 2.00 bits per heavy atom. The lowest BCUT2D eigenvalue weighted by molar-refractivity contribution is -0.128. The number of fused-ring (bicyclic) bond motifs is 2. The van der Waals surface area contributed by atoms with E-state index in [9.17, 15) is 30.0 Å². The van der Waals surface area contributed by atoms with Gasteiger partial charge in [0.05, 0.1) is 17.8 Å².